The maximum Gasteiger partial charge on any atom is 0.173 e. The summed E-state index contributed by atoms with van der Waals surface area (Å²) in [5.74, 6) is 0.383. The predicted molar refractivity (Wildman–Crippen MR) is 96.9 cm³/mol. The number of rotatable bonds is 4. The Morgan fingerprint density at radius 3 is 2.64 bits per heavy atom. The minimum Gasteiger partial charge on any atom is -0.264 e. The summed E-state index contributed by atoms with van der Waals surface area (Å²) < 4.78 is 0. The van der Waals surface area contributed by atoms with Gasteiger partial charge in [-0.1, -0.05) is 12.1 Å². The van der Waals surface area contributed by atoms with Crippen LogP contribution in [-0.2, 0) is 21.1 Å². The topological polar surface area (TPSA) is 74.8 Å². The molecule has 0 fully saturated rings. The van der Waals surface area contributed by atoms with Gasteiger partial charge in [0.05, 0.1) is 16.4 Å². The molecule has 3 rings (SSSR count). The number of pyridine rings is 3. The van der Waals surface area contributed by atoms with Crippen molar-refractivity contribution < 1.29 is 21.1 Å². The van der Waals surface area contributed by atoms with Crippen molar-refractivity contribution in [3.05, 3.63) is 55.1 Å². The molecular formula is C17H9N5PtS2. The summed E-state index contributed by atoms with van der Waals surface area (Å²) in [4.78, 5) is 17.7. The van der Waals surface area contributed by atoms with Crippen LogP contribution >= 0.6 is 24.0 Å². The number of aromatic nitrogens is 3. The van der Waals surface area contributed by atoms with Gasteiger partial charge in [-0.05, 0) is 42.2 Å². The molecule has 0 aliphatic heterocycles. The zero-order valence-corrected chi connectivity index (χ0v) is 16.5. The molecule has 0 aliphatic carbocycles. The van der Waals surface area contributed by atoms with Crippen molar-refractivity contribution in [2.24, 2.45) is 4.99 Å². The fourth-order valence-electron chi connectivity index (χ4n) is 2.28. The van der Waals surface area contributed by atoms with E-state index in [1.807, 2.05) is 24.3 Å². The monoisotopic (exact) mass is 542 g/mol. The van der Waals surface area contributed by atoms with Crippen molar-refractivity contribution in [3.8, 4) is 27.8 Å². The van der Waals surface area contributed by atoms with E-state index in [2.05, 4.69) is 30.5 Å². The van der Waals surface area contributed by atoms with E-state index < -0.39 is 0 Å². The Balaban J connectivity index is 0.00000225. The van der Waals surface area contributed by atoms with Gasteiger partial charge in [0, 0.05) is 61.9 Å². The van der Waals surface area contributed by atoms with Crippen molar-refractivity contribution in [2.75, 3.05) is 0 Å². The fourth-order valence-corrected chi connectivity index (χ4v) is 2.88. The van der Waals surface area contributed by atoms with Crippen LogP contribution in [0.4, 0.5) is 5.82 Å². The van der Waals surface area contributed by atoms with Gasteiger partial charge in [0.1, 0.15) is 5.40 Å². The maximum atomic E-state index is 9.09. The summed E-state index contributed by atoms with van der Waals surface area (Å²) in [7, 11) is 0. The Morgan fingerprint density at radius 2 is 1.92 bits per heavy atom. The molecule has 0 amide bonds. The fraction of sp³-hybridized carbons (Fsp3) is 0. The van der Waals surface area contributed by atoms with E-state index in [9.17, 15) is 0 Å². The van der Waals surface area contributed by atoms with E-state index in [1.165, 1.54) is 0 Å². The van der Waals surface area contributed by atoms with Gasteiger partial charge < -0.3 is 0 Å². The number of thiocyanates is 1. The summed E-state index contributed by atoms with van der Waals surface area (Å²) in [6, 6.07) is 9.35. The van der Waals surface area contributed by atoms with Crippen LogP contribution in [0.25, 0.3) is 22.4 Å². The third-order valence-electron chi connectivity index (χ3n) is 3.22. The SMILES string of the molecule is N#CSc1ccnc(N=C=S)c1-c1ncccc1-c1cccnc1.[Pt]. The molecule has 124 valence electrons. The van der Waals surface area contributed by atoms with E-state index in [4.69, 9.17) is 17.5 Å². The van der Waals surface area contributed by atoms with Crippen LogP contribution in [0.3, 0.4) is 0 Å². The summed E-state index contributed by atoms with van der Waals surface area (Å²) in [6.45, 7) is 0. The van der Waals surface area contributed by atoms with Gasteiger partial charge >= 0.3 is 0 Å². The van der Waals surface area contributed by atoms with E-state index in [-0.39, 0.29) is 21.1 Å². The van der Waals surface area contributed by atoms with Gasteiger partial charge in [0.15, 0.2) is 5.82 Å². The van der Waals surface area contributed by atoms with Crippen molar-refractivity contribution in [1.82, 2.24) is 15.0 Å². The van der Waals surface area contributed by atoms with Crippen LogP contribution in [0.15, 0.2) is 65.0 Å². The molecule has 3 aromatic heterocycles. The molecule has 8 heteroatoms. The van der Waals surface area contributed by atoms with E-state index in [0.29, 0.717) is 22.0 Å². The molecule has 0 N–H and O–H groups in total. The molecule has 0 aliphatic rings. The molecule has 25 heavy (non-hydrogen) atoms. The largest absolute Gasteiger partial charge is 0.264 e. The number of aliphatic imine (C=N–C) groups is 1. The molecule has 0 saturated carbocycles. The minimum absolute atomic E-state index is 0. The molecule has 0 bridgehead atoms. The quantitative estimate of drug-likeness (QED) is 0.209. The summed E-state index contributed by atoms with van der Waals surface area (Å²) in [6.07, 6.45) is 6.74. The first-order chi connectivity index (χ1) is 11.8. The first-order valence-electron chi connectivity index (χ1n) is 6.83. The third-order valence-corrected chi connectivity index (χ3v) is 3.96. The zero-order valence-electron chi connectivity index (χ0n) is 12.6. The number of hydrogen-bond acceptors (Lipinski definition) is 7. The van der Waals surface area contributed by atoms with E-state index >= 15 is 0 Å². The Morgan fingerprint density at radius 1 is 1.08 bits per heavy atom. The smallest absolute Gasteiger partial charge is 0.173 e. The van der Waals surface area contributed by atoms with Crippen LogP contribution < -0.4 is 0 Å². The van der Waals surface area contributed by atoms with Gasteiger partial charge in [0.25, 0.3) is 0 Å². The molecule has 3 aromatic rings. The van der Waals surface area contributed by atoms with Crippen LogP contribution in [0.5, 0.6) is 0 Å². The average Bonchev–Trinajstić information content (AvgIpc) is 2.63. The van der Waals surface area contributed by atoms with Gasteiger partial charge in [-0.25, -0.2) is 4.98 Å². The number of hydrogen-bond donors (Lipinski definition) is 0. The number of nitrogens with zero attached hydrogens (tertiary/aromatic N) is 5. The zero-order chi connectivity index (χ0) is 16.8. The molecule has 5 nitrogen and oxygen atoms in total. The molecule has 0 spiro atoms. The third kappa shape index (κ3) is 4.25. The van der Waals surface area contributed by atoms with Crippen molar-refractivity contribution in [1.29, 1.82) is 5.26 Å². The number of nitriles is 1. The molecular weight excluding hydrogens is 533 g/mol. The maximum absolute atomic E-state index is 9.09. The summed E-state index contributed by atoms with van der Waals surface area (Å²) >= 11 is 5.75. The standard InChI is InChI=1S/C17H9N5S2.Pt/c18-10-24-14-5-8-21-17(22-11-23)15(14)16-13(4-2-7-20-16)12-3-1-6-19-9-12;/h1-9H;. The van der Waals surface area contributed by atoms with E-state index in [0.717, 1.165) is 22.9 Å². The predicted octanol–water partition coefficient (Wildman–Crippen LogP) is 4.51. The second kappa shape index (κ2) is 9.31. The molecule has 0 aromatic carbocycles. The second-order valence-corrected chi connectivity index (χ2v) is 5.55. The molecule has 0 atom stereocenters. The Kier molecular flexibility index (Phi) is 7.12. The van der Waals surface area contributed by atoms with Crippen molar-refractivity contribution in [2.45, 2.75) is 4.90 Å². The number of thioether (sulfide) groups is 1. The van der Waals surface area contributed by atoms with Gasteiger partial charge in [-0.3, -0.25) is 9.97 Å². The molecule has 3 heterocycles. The van der Waals surface area contributed by atoms with Gasteiger partial charge in [-0.2, -0.15) is 10.3 Å². The van der Waals surface area contributed by atoms with Crippen LogP contribution in [-0.4, -0.2) is 20.1 Å². The van der Waals surface area contributed by atoms with Gasteiger partial charge in [0.2, 0.25) is 0 Å². The number of isothiocyanates is 1. The van der Waals surface area contributed by atoms with E-state index in [1.54, 1.807) is 30.9 Å². The Labute approximate surface area is 168 Å². The average molecular weight is 543 g/mol. The Bertz CT molecular complexity index is 966. The van der Waals surface area contributed by atoms with Crippen LogP contribution in [0.1, 0.15) is 0 Å². The molecule has 0 unspecified atom stereocenters. The second-order valence-electron chi connectivity index (χ2n) is 4.55. The number of thiocarbonyl (C=S) groups is 1. The van der Waals surface area contributed by atoms with Crippen LogP contribution in [0, 0.1) is 10.7 Å². The van der Waals surface area contributed by atoms with Crippen LogP contribution in [0.2, 0.25) is 0 Å². The Hall–Kier alpha value is -2.22. The molecule has 0 radical (unpaired) electrons. The summed E-state index contributed by atoms with van der Waals surface area (Å²) in [5.41, 5.74) is 3.11. The normalized spacial score (nSPS) is 9.40. The van der Waals surface area contributed by atoms with Gasteiger partial charge in [-0.15, -0.1) is 0 Å². The van der Waals surface area contributed by atoms with Crippen molar-refractivity contribution in [3.63, 3.8) is 0 Å². The minimum atomic E-state index is 0. The molecule has 0 saturated heterocycles. The summed E-state index contributed by atoms with van der Waals surface area (Å²) in [5, 5.41) is 13.5. The first-order valence-corrected chi connectivity index (χ1v) is 8.06. The van der Waals surface area contributed by atoms with Crippen molar-refractivity contribution >= 4 is 35.0 Å². The first kappa shape index (κ1) is 19.1.